The molecule has 6 N–H and O–H groups in total. The first kappa shape index (κ1) is 30.7. The summed E-state index contributed by atoms with van der Waals surface area (Å²) in [5, 5.41) is 23.9. The van der Waals surface area contributed by atoms with E-state index in [2.05, 4.69) is 15.6 Å². The third-order valence-corrected chi connectivity index (χ3v) is 5.71. The number of aromatic hydroxyl groups is 1. The van der Waals surface area contributed by atoms with Crippen molar-refractivity contribution >= 4 is 34.9 Å². The van der Waals surface area contributed by atoms with E-state index in [-0.39, 0.29) is 17.9 Å². The maximum atomic E-state index is 12.9. The lowest BCUT2D eigenvalue weighted by atomic mass is 10.0. The second-order valence-corrected chi connectivity index (χ2v) is 8.42. The van der Waals surface area contributed by atoms with E-state index in [1.165, 1.54) is 24.3 Å². The number of amides is 2. The number of nitrogens with one attached hydrogen (secondary N) is 3. The van der Waals surface area contributed by atoms with Gasteiger partial charge in [-0.2, -0.15) is 13.2 Å². The van der Waals surface area contributed by atoms with E-state index in [9.17, 15) is 23.1 Å². The van der Waals surface area contributed by atoms with Crippen LogP contribution in [0, 0.1) is 5.41 Å². The Morgan fingerprint density at radius 2 is 1.87 bits per heavy atom. The van der Waals surface area contributed by atoms with Crippen LogP contribution in [0.1, 0.15) is 32.3 Å². The van der Waals surface area contributed by atoms with Gasteiger partial charge in [-0.15, -0.1) is 0 Å². The lowest BCUT2D eigenvalue weighted by molar-refractivity contribution is -0.135. The molecule has 8 nitrogen and oxygen atoms in total. The molecule has 1 saturated heterocycles. The SMILES string of the molecule is CC.N=C(c1ccc(O)cc1)N(CCC(F)(F)F)C(=O)NC/C(N)=C1\CCNCC1=Nc1ccccc1Cl. The summed E-state index contributed by atoms with van der Waals surface area (Å²) in [7, 11) is 0. The van der Waals surface area contributed by atoms with Crippen molar-refractivity contribution in [2.24, 2.45) is 10.7 Å². The summed E-state index contributed by atoms with van der Waals surface area (Å²) in [4.78, 5) is 18.2. The number of para-hydroxylation sites is 1. The molecule has 2 aromatic carbocycles. The van der Waals surface area contributed by atoms with Gasteiger partial charge in [-0.1, -0.05) is 37.6 Å². The molecule has 0 aromatic heterocycles. The summed E-state index contributed by atoms with van der Waals surface area (Å²) in [5.41, 5.74) is 8.67. The molecule has 0 atom stereocenters. The number of nitrogens with zero attached hydrogens (tertiary/aromatic N) is 2. The van der Waals surface area contributed by atoms with Gasteiger partial charge < -0.3 is 21.5 Å². The van der Waals surface area contributed by atoms with Crippen molar-refractivity contribution in [3.05, 3.63) is 70.4 Å². The number of aliphatic imine (C=N–C) groups is 1. The van der Waals surface area contributed by atoms with E-state index in [0.29, 0.717) is 52.1 Å². The van der Waals surface area contributed by atoms with E-state index in [0.717, 1.165) is 0 Å². The zero-order valence-electron chi connectivity index (χ0n) is 21.2. The summed E-state index contributed by atoms with van der Waals surface area (Å²) in [6.07, 6.45) is -5.28. The van der Waals surface area contributed by atoms with Crippen LogP contribution in [0.2, 0.25) is 5.02 Å². The van der Waals surface area contributed by atoms with Crippen molar-refractivity contribution in [3.63, 3.8) is 0 Å². The Bertz CT molecular complexity index is 1170. The quantitative estimate of drug-likeness (QED) is 0.245. The smallest absolute Gasteiger partial charge is 0.390 e. The highest BCUT2D eigenvalue weighted by Gasteiger charge is 2.31. The van der Waals surface area contributed by atoms with E-state index in [1.807, 2.05) is 13.8 Å². The summed E-state index contributed by atoms with van der Waals surface area (Å²) >= 11 is 6.21. The Kier molecular flexibility index (Phi) is 11.6. The van der Waals surface area contributed by atoms with Crippen LogP contribution in [-0.2, 0) is 0 Å². The molecule has 1 aliphatic rings. The summed E-state index contributed by atoms with van der Waals surface area (Å²) < 4.78 is 38.7. The number of rotatable bonds is 6. The van der Waals surface area contributed by atoms with E-state index >= 15 is 0 Å². The van der Waals surface area contributed by atoms with E-state index in [4.69, 9.17) is 22.7 Å². The summed E-state index contributed by atoms with van der Waals surface area (Å²) in [6, 6.07) is 11.4. The predicted molar refractivity (Wildman–Crippen MR) is 144 cm³/mol. The molecule has 0 bridgehead atoms. The van der Waals surface area contributed by atoms with Gasteiger partial charge in [0.25, 0.3) is 0 Å². The molecule has 1 aliphatic heterocycles. The number of hydrogen-bond acceptors (Lipinski definition) is 6. The van der Waals surface area contributed by atoms with Gasteiger partial charge in [0.2, 0.25) is 0 Å². The maximum Gasteiger partial charge on any atom is 0.390 e. The topological polar surface area (TPSA) is 127 Å². The normalized spacial score (nSPS) is 15.8. The standard InChI is InChI=1S/C24H26ClF3N6O2.C2H6/c25-18-3-1-2-4-20(18)33-21-14-31-11-9-17(21)19(29)13-32-23(36)34(12-10-24(26,27)28)22(30)15-5-7-16(35)8-6-15;1-2/h1-8,30-31,35H,9-14,29H2,(H,32,36);1-2H3/b19-17-,30-22?,33-21?;. The number of phenolic OH excluding ortho intramolecular Hbond substituents is 1. The third kappa shape index (κ3) is 9.07. The van der Waals surface area contributed by atoms with E-state index in [1.54, 1.807) is 24.3 Å². The van der Waals surface area contributed by atoms with Gasteiger partial charge in [-0.3, -0.25) is 15.3 Å². The number of amidine groups is 1. The average Bonchev–Trinajstić information content (AvgIpc) is 2.90. The highest BCUT2D eigenvalue weighted by molar-refractivity contribution is 6.33. The number of benzene rings is 2. The van der Waals surface area contributed by atoms with Crippen LogP contribution in [0.15, 0.2) is 64.8 Å². The summed E-state index contributed by atoms with van der Waals surface area (Å²) in [6.45, 7) is 4.16. The van der Waals surface area contributed by atoms with Crippen LogP contribution in [0.4, 0.5) is 23.7 Å². The Hall–Kier alpha value is -3.57. The Labute approximate surface area is 224 Å². The van der Waals surface area contributed by atoms with Crippen LogP contribution in [0.25, 0.3) is 0 Å². The largest absolute Gasteiger partial charge is 0.508 e. The zero-order chi connectivity index (χ0) is 28.3. The molecule has 1 fully saturated rings. The average molecular weight is 553 g/mol. The molecule has 0 unspecified atom stereocenters. The molecule has 1 heterocycles. The first-order valence-corrected chi connectivity index (χ1v) is 12.4. The van der Waals surface area contributed by atoms with Crippen molar-refractivity contribution < 1.29 is 23.1 Å². The fourth-order valence-corrected chi connectivity index (χ4v) is 3.69. The lowest BCUT2D eigenvalue weighted by Gasteiger charge is -2.25. The Morgan fingerprint density at radius 1 is 1.21 bits per heavy atom. The van der Waals surface area contributed by atoms with Crippen molar-refractivity contribution in [2.75, 3.05) is 26.2 Å². The highest BCUT2D eigenvalue weighted by Crippen LogP contribution is 2.26. The predicted octanol–water partition coefficient (Wildman–Crippen LogP) is 5.34. The second kappa shape index (κ2) is 14.4. The minimum Gasteiger partial charge on any atom is -0.508 e. The number of piperidine rings is 1. The molecule has 0 aliphatic carbocycles. The lowest BCUT2D eigenvalue weighted by Crippen LogP contribution is -2.46. The van der Waals surface area contributed by atoms with Gasteiger partial charge >= 0.3 is 12.2 Å². The van der Waals surface area contributed by atoms with Crippen molar-refractivity contribution in [1.82, 2.24) is 15.5 Å². The first-order valence-electron chi connectivity index (χ1n) is 12.1. The summed E-state index contributed by atoms with van der Waals surface area (Å²) in [5.74, 6) is -0.515. The molecule has 2 amide bonds. The van der Waals surface area contributed by atoms with Crippen molar-refractivity contribution in [1.29, 1.82) is 5.41 Å². The number of nitrogens with two attached hydrogens (primary N) is 1. The van der Waals surface area contributed by atoms with Gasteiger partial charge in [-0.05, 0) is 54.9 Å². The molecule has 0 saturated carbocycles. The number of hydrogen-bond donors (Lipinski definition) is 5. The monoisotopic (exact) mass is 552 g/mol. The van der Waals surface area contributed by atoms with Gasteiger partial charge in [0.1, 0.15) is 11.6 Å². The molecule has 0 spiro atoms. The van der Waals surface area contributed by atoms with Crippen LogP contribution < -0.4 is 16.4 Å². The Balaban J connectivity index is 0.00000247. The Morgan fingerprint density at radius 3 is 2.50 bits per heavy atom. The number of phenols is 1. The van der Waals surface area contributed by atoms with Gasteiger partial charge in [-0.25, -0.2) is 4.79 Å². The third-order valence-electron chi connectivity index (χ3n) is 5.39. The number of urea groups is 1. The molecule has 3 rings (SSSR count). The molecule has 12 heteroatoms. The molecular weight excluding hydrogens is 521 g/mol. The number of alkyl halides is 3. The van der Waals surface area contributed by atoms with Crippen LogP contribution in [0.5, 0.6) is 5.75 Å². The second-order valence-electron chi connectivity index (χ2n) is 8.01. The fourth-order valence-electron chi connectivity index (χ4n) is 3.51. The molecular formula is C26H32ClF3N6O2. The number of carbonyl (C=O) groups is 1. The van der Waals surface area contributed by atoms with Gasteiger partial charge in [0.05, 0.1) is 29.4 Å². The molecule has 38 heavy (non-hydrogen) atoms. The van der Waals surface area contributed by atoms with Crippen LogP contribution >= 0.6 is 11.6 Å². The van der Waals surface area contributed by atoms with Crippen LogP contribution in [-0.4, -0.2) is 59.9 Å². The number of carbonyl (C=O) groups excluding carboxylic acids is 1. The molecule has 2 aromatic rings. The zero-order valence-corrected chi connectivity index (χ0v) is 22.0. The highest BCUT2D eigenvalue weighted by atomic mass is 35.5. The first-order chi connectivity index (χ1) is 18.0. The van der Waals surface area contributed by atoms with Crippen molar-refractivity contribution in [3.8, 4) is 5.75 Å². The fraction of sp³-hybridized carbons (Fsp3) is 0.346. The van der Waals surface area contributed by atoms with Gasteiger partial charge in [0, 0.05) is 24.4 Å². The number of halogens is 4. The van der Waals surface area contributed by atoms with E-state index < -0.39 is 31.0 Å². The van der Waals surface area contributed by atoms with Crippen LogP contribution in [0.3, 0.4) is 0 Å². The van der Waals surface area contributed by atoms with Gasteiger partial charge in [0.15, 0.2) is 0 Å². The molecule has 206 valence electrons. The molecule has 0 radical (unpaired) electrons. The minimum atomic E-state index is -4.52. The van der Waals surface area contributed by atoms with Crippen molar-refractivity contribution in [2.45, 2.75) is 32.9 Å². The minimum absolute atomic E-state index is 0.0755. The maximum absolute atomic E-state index is 12.9.